The molecule has 152 valence electrons. The van der Waals surface area contributed by atoms with Gasteiger partial charge in [-0.1, -0.05) is 93.5 Å². The number of benzene rings is 1. The highest BCUT2D eigenvalue weighted by atomic mass is 16.1. The number of rotatable bonds is 3. The molecule has 1 aliphatic rings. The summed E-state index contributed by atoms with van der Waals surface area (Å²) in [4.78, 5) is 18.3. The van der Waals surface area contributed by atoms with Gasteiger partial charge in [-0.15, -0.1) is 0 Å². The maximum atomic E-state index is 13.2. The van der Waals surface area contributed by atoms with E-state index in [1.54, 1.807) is 6.08 Å². The molecule has 2 heteroatoms. The average molecular weight is 380 g/mol. The Bertz CT molecular complexity index is 823. The second-order valence-corrected chi connectivity index (χ2v) is 10.6. The highest BCUT2D eigenvalue weighted by Gasteiger charge is 2.32. The Morgan fingerprint density at radius 3 is 1.68 bits per heavy atom. The van der Waals surface area contributed by atoms with Crippen LogP contribution >= 0.6 is 0 Å². The minimum atomic E-state index is -0.163. The SMILES string of the molecule is CC(C)c1cccc(C(C)C)c1N=C1C(=O)C=C(C(C)(C)C)C=C1C(C)(C)C. The zero-order valence-corrected chi connectivity index (χ0v) is 19.4. The molecule has 0 heterocycles. The van der Waals surface area contributed by atoms with E-state index in [0.29, 0.717) is 17.5 Å². The Morgan fingerprint density at radius 2 is 1.29 bits per heavy atom. The highest BCUT2D eigenvalue weighted by molar-refractivity contribution is 6.51. The summed E-state index contributed by atoms with van der Waals surface area (Å²) >= 11 is 0. The first-order valence-electron chi connectivity index (χ1n) is 10.4. The van der Waals surface area contributed by atoms with Crippen molar-refractivity contribution in [1.82, 2.24) is 0 Å². The van der Waals surface area contributed by atoms with E-state index >= 15 is 0 Å². The third-order valence-corrected chi connectivity index (χ3v) is 5.32. The molecule has 0 spiro atoms. The zero-order chi connectivity index (χ0) is 21.4. The molecule has 0 saturated carbocycles. The second kappa shape index (κ2) is 7.81. The lowest BCUT2D eigenvalue weighted by molar-refractivity contribution is -0.109. The van der Waals surface area contributed by atoms with Crippen molar-refractivity contribution in [2.75, 3.05) is 0 Å². The predicted molar refractivity (Wildman–Crippen MR) is 122 cm³/mol. The number of nitrogens with zero attached hydrogens (tertiary/aromatic N) is 1. The largest absolute Gasteiger partial charge is 0.288 e. The van der Waals surface area contributed by atoms with Gasteiger partial charge in [-0.25, -0.2) is 4.99 Å². The van der Waals surface area contributed by atoms with Crippen LogP contribution in [0, 0.1) is 10.8 Å². The van der Waals surface area contributed by atoms with Crippen LogP contribution in [0.5, 0.6) is 0 Å². The third kappa shape index (κ3) is 4.71. The minimum absolute atomic E-state index is 0.0191. The number of carbonyl (C=O) groups excluding carboxylic acids is 1. The average Bonchev–Trinajstić information content (AvgIpc) is 2.54. The molecule has 1 aromatic rings. The van der Waals surface area contributed by atoms with Crippen molar-refractivity contribution in [2.45, 2.75) is 81.1 Å². The van der Waals surface area contributed by atoms with Crippen LogP contribution in [-0.2, 0) is 4.79 Å². The van der Waals surface area contributed by atoms with Crippen LogP contribution in [0.4, 0.5) is 5.69 Å². The summed E-state index contributed by atoms with van der Waals surface area (Å²) in [6.07, 6.45) is 3.97. The maximum Gasteiger partial charge on any atom is 0.204 e. The fraction of sp³-hybridized carbons (Fsp3) is 0.538. The minimum Gasteiger partial charge on any atom is -0.288 e. The lowest BCUT2D eigenvalue weighted by atomic mass is 9.74. The van der Waals surface area contributed by atoms with E-state index in [9.17, 15) is 4.79 Å². The van der Waals surface area contributed by atoms with E-state index in [2.05, 4.69) is 93.5 Å². The lowest BCUT2D eigenvalue weighted by Gasteiger charge is -2.31. The smallest absolute Gasteiger partial charge is 0.204 e. The van der Waals surface area contributed by atoms with Crippen LogP contribution in [0.15, 0.2) is 46.5 Å². The molecule has 0 saturated heterocycles. The van der Waals surface area contributed by atoms with E-state index in [0.717, 1.165) is 16.8 Å². The molecule has 1 aromatic carbocycles. The summed E-state index contributed by atoms with van der Waals surface area (Å²) in [7, 11) is 0. The molecule has 0 bridgehead atoms. The number of hydrogen-bond acceptors (Lipinski definition) is 2. The first-order chi connectivity index (χ1) is 12.7. The molecule has 0 aliphatic heterocycles. The number of ketones is 1. The number of aliphatic imine (C=N–C) groups is 1. The highest BCUT2D eigenvalue weighted by Crippen LogP contribution is 2.40. The molecule has 0 fully saturated rings. The van der Waals surface area contributed by atoms with Crippen LogP contribution in [0.1, 0.15) is 92.2 Å². The molecule has 0 N–H and O–H groups in total. The van der Waals surface area contributed by atoms with Crippen molar-refractivity contribution in [2.24, 2.45) is 15.8 Å². The number of hydrogen-bond donors (Lipinski definition) is 0. The van der Waals surface area contributed by atoms with Crippen LogP contribution in [0.25, 0.3) is 0 Å². The molecule has 2 nitrogen and oxygen atoms in total. The van der Waals surface area contributed by atoms with Gasteiger partial charge in [0, 0.05) is 0 Å². The van der Waals surface area contributed by atoms with E-state index in [1.807, 2.05) is 0 Å². The molecule has 0 aromatic heterocycles. The molecular weight excluding hydrogens is 342 g/mol. The van der Waals surface area contributed by atoms with Crippen molar-refractivity contribution in [1.29, 1.82) is 0 Å². The number of allylic oxidation sites excluding steroid dienone is 4. The van der Waals surface area contributed by atoms with Crippen molar-refractivity contribution in [3.05, 3.63) is 52.6 Å². The van der Waals surface area contributed by atoms with Crippen molar-refractivity contribution in [3.8, 4) is 0 Å². The Kier molecular flexibility index (Phi) is 6.23. The monoisotopic (exact) mass is 379 g/mol. The molecule has 2 rings (SSSR count). The molecule has 28 heavy (non-hydrogen) atoms. The molecule has 0 atom stereocenters. The van der Waals surface area contributed by atoms with Crippen LogP contribution in [0.3, 0.4) is 0 Å². The van der Waals surface area contributed by atoms with Gasteiger partial charge in [0.25, 0.3) is 0 Å². The summed E-state index contributed by atoms with van der Waals surface area (Å²) in [5, 5.41) is 0. The fourth-order valence-electron chi connectivity index (χ4n) is 3.48. The van der Waals surface area contributed by atoms with E-state index in [1.165, 1.54) is 11.1 Å². The van der Waals surface area contributed by atoms with Gasteiger partial charge >= 0.3 is 0 Å². The summed E-state index contributed by atoms with van der Waals surface area (Å²) in [6, 6.07) is 6.38. The molecule has 1 aliphatic carbocycles. The normalized spacial score (nSPS) is 17.4. The van der Waals surface area contributed by atoms with E-state index in [4.69, 9.17) is 4.99 Å². The lowest BCUT2D eigenvalue weighted by Crippen LogP contribution is -2.29. The van der Waals surface area contributed by atoms with Gasteiger partial charge in [0.1, 0.15) is 5.71 Å². The Hall–Kier alpha value is -1.96. The first-order valence-corrected chi connectivity index (χ1v) is 10.4. The third-order valence-electron chi connectivity index (χ3n) is 5.32. The van der Waals surface area contributed by atoms with Crippen LogP contribution in [0.2, 0.25) is 0 Å². The van der Waals surface area contributed by atoms with E-state index in [-0.39, 0.29) is 16.6 Å². The Labute approximate surface area is 171 Å². The van der Waals surface area contributed by atoms with E-state index < -0.39 is 0 Å². The fourth-order valence-corrected chi connectivity index (χ4v) is 3.48. The summed E-state index contributed by atoms with van der Waals surface area (Å²) in [6.45, 7) is 21.7. The summed E-state index contributed by atoms with van der Waals surface area (Å²) < 4.78 is 0. The molecule has 0 unspecified atom stereocenters. The molecule has 0 amide bonds. The van der Waals surface area contributed by atoms with Crippen molar-refractivity contribution >= 4 is 17.2 Å². The number of carbonyl (C=O) groups is 1. The van der Waals surface area contributed by atoms with Crippen molar-refractivity contribution < 1.29 is 4.79 Å². The summed E-state index contributed by atoms with van der Waals surface area (Å²) in [5.74, 6) is 0.713. The molecule has 0 radical (unpaired) electrons. The zero-order valence-electron chi connectivity index (χ0n) is 19.4. The van der Waals surface area contributed by atoms with Crippen LogP contribution < -0.4 is 0 Å². The van der Waals surface area contributed by atoms with Gasteiger partial charge in [0.2, 0.25) is 5.78 Å². The van der Waals surface area contributed by atoms with Gasteiger partial charge in [-0.05, 0) is 51.0 Å². The van der Waals surface area contributed by atoms with Crippen molar-refractivity contribution in [3.63, 3.8) is 0 Å². The van der Waals surface area contributed by atoms with Gasteiger partial charge in [0.05, 0.1) is 5.69 Å². The summed E-state index contributed by atoms with van der Waals surface area (Å²) in [5.41, 5.74) is 5.83. The first kappa shape index (κ1) is 22.3. The topological polar surface area (TPSA) is 29.4 Å². The van der Waals surface area contributed by atoms with Crippen LogP contribution in [-0.4, -0.2) is 11.5 Å². The van der Waals surface area contributed by atoms with Gasteiger partial charge in [-0.3, -0.25) is 4.79 Å². The quantitative estimate of drug-likeness (QED) is 0.499. The Balaban J connectivity index is 2.77. The maximum absolute atomic E-state index is 13.2. The van der Waals surface area contributed by atoms with Gasteiger partial charge in [0.15, 0.2) is 0 Å². The van der Waals surface area contributed by atoms with Gasteiger partial charge < -0.3 is 0 Å². The predicted octanol–water partition coefficient (Wildman–Crippen LogP) is 7.53. The second-order valence-electron chi connectivity index (χ2n) is 10.6. The Morgan fingerprint density at radius 1 is 0.786 bits per heavy atom. The standard InChI is InChI=1S/C26H37NO/c1-16(2)19-12-11-13-20(17(3)4)23(19)27-24-21(26(8,9)10)14-18(15-22(24)28)25(5,6)7/h11-17H,1-10H3. The van der Waals surface area contributed by atoms with Gasteiger partial charge in [-0.2, -0.15) is 0 Å². The molecular formula is C26H37NO. The number of para-hydroxylation sites is 1.